The number of H-pyrrole nitrogens is 1. The van der Waals surface area contributed by atoms with E-state index in [-0.39, 0.29) is 23.1 Å². The second kappa shape index (κ2) is 10.1. The van der Waals surface area contributed by atoms with Crippen LogP contribution in [0.25, 0.3) is 10.9 Å². The smallest absolute Gasteiger partial charge is 0.252 e. The van der Waals surface area contributed by atoms with Crippen molar-refractivity contribution in [1.29, 1.82) is 0 Å². The van der Waals surface area contributed by atoms with Gasteiger partial charge in [0.05, 0.1) is 17.1 Å². The molecule has 0 fully saturated rings. The first-order valence-electron chi connectivity index (χ1n) is 12.3. The fourth-order valence-electron chi connectivity index (χ4n) is 4.74. The lowest BCUT2D eigenvalue weighted by atomic mass is 9.98. The largest absolute Gasteiger partial charge is 0.321 e. The van der Waals surface area contributed by atoms with Gasteiger partial charge in [-0.1, -0.05) is 62.4 Å². The maximum absolute atomic E-state index is 13.2. The van der Waals surface area contributed by atoms with E-state index in [1.165, 1.54) is 5.56 Å². The number of benzene rings is 2. The SMILES string of the molecule is Cc1cccc2cc(CN(CCc3ccccc3)[C@@H](c3nnnn3C(C)(C)C)C(C)C)c(=O)[nH]c12. The Labute approximate surface area is 207 Å². The van der Waals surface area contributed by atoms with Gasteiger partial charge in [0.25, 0.3) is 5.56 Å². The highest BCUT2D eigenvalue weighted by molar-refractivity contribution is 5.81. The Morgan fingerprint density at radius 1 is 1.06 bits per heavy atom. The third-order valence-electron chi connectivity index (χ3n) is 6.49. The van der Waals surface area contributed by atoms with Crippen molar-refractivity contribution in [2.75, 3.05) is 6.54 Å². The highest BCUT2D eigenvalue weighted by Gasteiger charge is 2.32. The molecule has 4 aromatic rings. The molecule has 184 valence electrons. The molecule has 0 aliphatic heterocycles. The summed E-state index contributed by atoms with van der Waals surface area (Å²) in [5.41, 5.74) is 3.67. The summed E-state index contributed by atoms with van der Waals surface area (Å²) >= 11 is 0. The van der Waals surface area contributed by atoms with E-state index < -0.39 is 0 Å². The van der Waals surface area contributed by atoms with Gasteiger partial charge in [-0.25, -0.2) is 4.68 Å². The molecule has 0 radical (unpaired) electrons. The van der Waals surface area contributed by atoms with Gasteiger partial charge in [-0.05, 0) is 73.0 Å². The Morgan fingerprint density at radius 3 is 2.49 bits per heavy atom. The Bertz CT molecular complexity index is 1330. The minimum absolute atomic E-state index is 0.0468. The van der Waals surface area contributed by atoms with Crippen LogP contribution in [-0.4, -0.2) is 36.6 Å². The van der Waals surface area contributed by atoms with Crippen LogP contribution in [0.2, 0.25) is 0 Å². The second-order valence-electron chi connectivity index (χ2n) is 10.7. The quantitative estimate of drug-likeness (QED) is 0.389. The summed E-state index contributed by atoms with van der Waals surface area (Å²) in [4.78, 5) is 18.6. The summed E-state index contributed by atoms with van der Waals surface area (Å²) in [6, 6.07) is 18.5. The van der Waals surface area contributed by atoms with Crippen molar-refractivity contribution in [3.8, 4) is 0 Å². The van der Waals surface area contributed by atoms with Crippen molar-refractivity contribution < 1.29 is 0 Å². The average molecular weight is 473 g/mol. The fraction of sp³-hybridized carbons (Fsp3) is 0.429. The van der Waals surface area contributed by atoms with Crippen LogP contribution < -0.4 is 5.56 Å². The van der Waals surface area contributed by atoms with Gasteiger partial charge >= 0.3 is 0 Å². The Morgan fingerprint density at radius 2 is 1.80 bits per heavy atom. The monoisotopic (exact) mass is 472 g/mol. The molecule has 0 aliphatic carbocycles. The van der Waals surface area contributed by atoms with E-state index in [2.05, 4.69) is 90.4 Å². The number of aromatic nitrogens is 5. The van der Waals surface area contributed by atoms with Crippen LogP contribution in [0, 0.1) is 12.8 Å². The van der Waals surface area contributed by atoms with E-state index in [4.69, 9.17) is 0 Å². The molecule has 0 aliphatic rings. The first kappa shape index (κ1) is 24.8. The van der Waals surface area contributed by atoms with Crippen molar-refractivity contribution in [2.45, 2.75) is 66.1 Å². The molecule has 2 heterocycles. The molecule has 0 unspecified atom stereocenters. The number of para-hydroxylation sites is 1. The van der Waals surface area contributed by atoms with Gasteiger partial charge in [-0.3, -0.25) is 9.69 Å². The average Bonchev–Trinajstić information content (AvgIpc) is 3.29. The summed E-state index contributed by atoms with van der Waals surface area (Å²) in [7, 11) is 0. The third-order valence-corrected chi connectivity index (χ3v) is 6.49. The minimum Gasteiger partial charge on any atom is -0.321 e. The molecule has 0 amide bonds. The predicted octanol–water partition coefficient (Wildman–Crippen LogP) is 5.02. The van der Waals surface area contributed by atoms with Crippen molar-refractivity contribution in [3.63, 3.8) is 0 Å². The van der Waals surface area contributed by atoms with Gasteiger partial charge < -0.3 is 4.98 Å². The zero-order valence-corrected chi connectivity index (χ0v) is 21.6. The van der Waals surface area contributed by atoms with Crippen molar-refractivity contribution in [3.05, 3.63) is 87.5 Å². The normalized spacial score (nSPS) is 13.1. The second-order valence-corrected chi connectivity index (χ2v) is 10.7. The van der Waals surface area contributed by atoms with E-state index in [0.717, 1.165) is 40.8 Å². The van der Waals surface area contributed by atoms with Gasteiger partial charge in [0, 0.05) is 18.7 Å². The number of tetrazole rings is 1. The van der Waals surface area contributed by atoms with Gasteiger partial charge in [-0.2, -0.15) is 0 Å². The van der Waals surface area contributed by atoms with Crippen LogP contribution in [0.4, 0.5) is 0 Å². The number of fused-ring (bicyclic) bond motifs is 1. The molecule has 7 heteroatoms. The van der Waals surface area contributed by atoms with E-state index >= 15 is 0 Å². The van der Waals surface area contributed by atoms with Crippen LogP contribution in [-0.2, 0) is 18.5 Å². The molecule has 35 heavy (non-hydrogen) atoms. The van der Waals surface area contributed by atoms with E-state index in [9.17, 15) is 4.79 Å². The number of rotatable bonds is 8. The third kappa shape index (κ3) is 5.51. The van der Waals surface area contributed by atoms with Crippen LogP contribution >= 0.6 is 0 Å². The maximum Gasteiger partial charge on any atom is 0.252 e. The summed E-state index contributed by atoms with van der Waals surface area (Å²) < 4.78 is 1.92. The molecule has 2 aromatic heterocycles. The summed E-state index contributed by atoms with van der Waals surface area (Å²) in [6.07, 6.45) is 0.867. The Hall–Kier alpha value is -3.32. The molecule has 0 saturated heterocycles. The number of hydrogen-bond donors (Lipinski definition) is 1. The first-order valence-corrected chi connectivity index (χ1v) is 12.3. The van der Waals surface area contributed by atoms with Gasteiger partial charge in [-0.15, -0.1) is 5.10 Å². The van der Waals surface area contributed by atoms with Gasteiger partial charge in [0.15, 0.2) is 5.82 Å². The van der Waals surface area contributed by atoms with Crippen LogP contribution in [0.1, 0.15) is 63.2 Å². The molecule has 0 bridgehead atoms. The predicted molar refractivity (Wildman–Crippen MR) is 140 cm³/mol. The molecule has 2 aromatic carbocycles. The number of pyridine rings is 1. The number of aromatic amines is 1. The van der Waals surface area contributed by atoms with Crippen molar-refractivity contribution in [1.82, 2.24) is 30.1 Å². The lowest BCUT2D eigenvalue weighted by molar-refractivity contribution is 0.129. The molecule has 1 N–H and O–H groups in total. The lowest BCUT2D eigenvalue weighted by Gasteiger charge is -2.35. The van der Waals surface area contributed by atoms with Crippen LogP contribution in [0.3, 0.4) is 0 Å². The zero-order valence-electron chi connectivity index (χ0n) is 21.6. The fourth-order valence-corrected chi connectivity index (χ4v) is 4.74. The number of aryl methyl sites for hydroxylation is 1. The van der Waals surface area contributed by atoms with E-state index in [0.29, 0.717) is 6.54 Å². The van der Waals surface area contributed by atoms with E-state index in [1.54, 1.807) is 0 Å². The van der Waals surface area contributed by atoms with Crippen molar-refractivity contribution >= 4 is 10.9 Å². The molecule has 0 saturated carbocycles. The van der Waals surface area contributed by atoms with Crippen LogP contribution in [0.5, 0.6) is 0 Å². The van der Waals surface area contributed by atoms with Crippen molar-refractivity contribution in [2.24, 2.45) is 5.92 Å². The summed E-state index contributed by atoms with van der Waals surface area (Å²) in [5.74, 6) is 1.06. The maximum atomic E-state index is 13.2. The number of hydrogen-bond acceptors (Lipinski definition) is 5. The molecule has 4 rings (SSSR count). The van der Waals surface area contributed by atoms with E-state index in [1.807, 2.05) is 35.9 Å². The van der Waals surface area contributed by atoms with Gasteiger partial charge in [0.1, 0.15) is 0 Å². The Kier molecular flexibility index (Phi) is 7.17. The summed E-state index contributed by atoms with van der Waals surface area (Å²) in [5, 5.41) is 13.9. The molecule has 1 atom stereocenters. The molecule has 7 nitrogen and oxygen atoms in total. The lowest BCUT2D eigenvalue weighted by Crippen LogP contribution is -2.39. The molecular formula is C28H36N6O. The minimum atomic E-state index is -0.255. The van der Waals surface area contributed by atoms with Crippen LogP contribution in [0.15, 0.2) is 59.4 Å². The topological polar surface area (TPSA) is 79.7 Å². The highest BCUT2D eigenvalue weighted by Crippen LogP contribution is 2.31. The number of nitrogens with zero attached hydrogens (tertiary/aromatic N) is 5. The van der Waals surface area contributed by atoms with Gasteiger partial charge in [0.2, 0.25) is 0 Å². The highest BCUT2D eigenvalue weighted by atomic mass is 16.1. The number of nitrogens with one attached hydrogen (secondary N) is 1. The molecular weight excluding hydrogens is 436 g/mol. The standard InChI is InChI=1S/C28H36N6O/c1-19(2)25(26-30-31-32-34(26)28(4,5)6)33(16-15-21-12-8-7-9-13-21)18-23-17-22-14-10-11-20(3)24(22)29-27(23)35/h7-14,17,19,25H,15-16,18H2,1-6H3,(H,29,35)/t25-/m1/s1. The zero-order chi connectivity index (χ0) is 25.2. The first-order chi connectivity index (χ1) is 16.6. The Balaban J connectivity index is 1.76. The molecule has 0 spiro atoms. The summed E-state index contributed by atoms with van der Waals surface area (Å²) in [6.45, 7) is 14.0.